The molecule has 174 valence electrons. The first kappa shape index (κ1) is 22.6. The van der Waals surface area contributed by atoms with Crippen LogP contribution in [0.3, 0.4) is 0 Å². The Kier molecular flexibility index (Phi) is 6.01. The van der Waals surface area contributed by atoms with Crippen molar-refractivity contribution in [2.24, 2.45) is 5.92 Å². The highest BCUT2D eigenvalue weighted by atomic mass is 19.1. The normalized spacial score (nSPS) is 22.2. The quantitative estimate of drug-likeness (QED) is 0.628. The molecule has 2 aromatic rings. The fourth-order valence-corrected chi connectivity index (χ4v) is 4.72. The summed E-state index contributed by atoms with van der Waals surface area (Å²) >= 11 is 0. The van der Waals surface area contributed by atoms with Crippen molar-refractivity contribution in [2.75, 3.05) is 18.5 Å². The molecule has 4 rings (SSSR count). The highest BCUT2D eigenvalue weighted by Gasteiger charge is 2.57. The molecular weight excluding hydrogens is 423 g/mol. The highest BCUT2D eigenvalue weighted by Crippen LogP contribution is 2.39. The minimum Gasteiger partial charge on any atom is -0.502 e. The Morgan fingerprint density at radius 3 is 2.64 bits per heavy atom. The minimum atomic E-state index is -1.46. The molecule has 0 saturated heterocycles. The number of rotatable bonds is 6. The molecule has 2 unspecified atom stereocenters. The zero-order valence-electron chi connectivity index (χ0n) is 19.0. The average Bonchev–Trinajstić information content (AvgIpc) is 3.15. The molecule has 0 radical (unpaired) electrons. The number of benzene rings is 2. The van der Waals surface area contributed by atoms with Gasteiger partial charge in [-0.25, -0.2) is 4.39 Å². The number of aliphatic hydroxyl groups is 1. The van der Waals surface area contributed by atoms with Crippen LogP contribution in [0.25, 0.3) is 0 Å². The van der Waals surface area contributed by atoms with Gasteiger partial charge in [0.25, 0.3) is 11.8 Å². The van der Waals surface area contributed by atoms with Crippen LogP contribution in [-0.4, -0.2) is 47.1 Å². The summed E-state index contributed by atoms with van der Waals surface area (Å²) in [4.78, 5) is 30.1. The fraction of sp³-hybridized carbons (Fsp3) is 0.360. The van der Waals surface area contributed by atoms with E-state index in [1.54, 1.807) is 12.1 Å². The number of halogens is 1. The number of para-hydroxylation sites is 1. The summed E-state index contributed by atoms with van der Waals surface area (Å²) in [5, 5.41) is 16.0. The third kappa shape index (κ3) is 4.01. The summed E-state index contributed by atoms with van der Waals surface area (Å²) in [6.07, 6.45) is 1.75. The Balaban J connectivity index is 1.72. The predicted octanol–water partition coefficient (Wildman–Crippen LogP) is 2.69. The van der Waals surface area contributed by atoms with Gasteiger partial charge in [-0.1, -0.05) is 44.2 Å². The molecule has 33 heavy (non-hydrogen) atoms. The van der Waals surface area contributed by atoms with Crippen molar-refractivity contribution < 1.29 is 19.1 Å². The van der Waals surface area contributed by atoms with Gasteiger partial charge in [0.15, 0.2) is 5.76 Å². The number of fused-ring (bicyclic) bond motifs is 1. The Morgan fingerprint density at radius 2 is 1.94 bits per heavy atom. The number of hydrogen-bond acceptors (Lipinski definition) is 5. The molecule has 0 saturated carbocycles. The molecular formula is C25H29FN4O3. The molecule has 2 heterocycles. The molecule has 8 heteroatoms. The van der Waals surface area contributed by atoms with Crippen molar-refractivity contribution in [2.45, 2.75) is 38.5 Å². The number of anilines is 1. The number of carbonyl (C=O) groups excluding carboxylic acids is 2. The smallest absolute Gasteiger partial charge is 0.292 e. The van der Waals surface area contributed by atoms with E-state index in [1.165, 1.54) is 30.3 Å². The standard InChI is InChI=1S/C25H29FN4O3/c1-16(2)15-30-20-7-5-4-6-18(20)12-22(30)25(28-14-21(31)23(32)29(25)3)24(33)27-13-17-8-10-19(26)11-9-17/h4-11,14,16,22,28,31H,12-13,15H2,1-3H3,(H,27,33). The van der Waals surface area contributed by atoms with Gasteiger partial charge in [0, 0.05) is 32.0 Å². The molecule has 3 N–H and O–H groups in total. The van der Waals surface area contributed by atoms with Crippen molar-refractivity contribution in [3.05, 3.63) is 77.4 Å². The van der Waals surface area contributed by atoms with Crippen LogP contribution in [-0.2, 0) is 22.6 Å². The number of amides is 2. The second kappa shape index (κ2) is 8.77. The second-order valence-electron chi connectivity index (χ2n) is 9.01. The largest absolute Gasteiger partial charge is 0.502 e. The summed E-state index contributed by atoms with van der Waals surface area (Å²) in [6.45, 7) is 5.07. The molecule has 2 atom stereocenters. The summed E-state index contributed by atoms with van der Waals surface area (Å²) in [5.74, 6) is -1.53. The van der Waals surface area contributed by atoms with Crippen LogP contribution in [0.4, 0.5) is 10.1 Å². The van der Waals surface area contributed by atoms with Gasteiger partial charge in [-0.05, 0) is 41.7 Å². The summed E-state index contributed by atoms with van der Waals surface area (Å²) in [6, 6.07) is 13.5. The van der Waals surface area contributed by atoms with Crippen molar-refractivity contribution in [3.63, 3.8) is 0 Å². The molecule has 0 aliphatic carbocycles. The molecule has 2 amide bonds. The Morgan fingerprint density at radius 1 is 1.24 bits per heavy atom. The van der Waals surface area contributed by atoms with Crippen LogP contribution in [0.5, 0.6) is 0 Å². The number of likely N-dealkylation sites (N-methyl/N-ethyl adjacent to an activating group) is 1. The van der Waals surface area contributed by atoms with Gasteiger partial charge in [-0.15, -0.1) is 0 Å². The lowest BCUT2D eigenvalue weighted by Gasteiger charge is -2.49. The molecule has 0 bridgehead atoms. The SMILES string of the molecule is CC(C)CN1c2ccccc2CC1C1(C(=O)NCc2ccc(F)cc2)NC=C(O)C(=O)N1C. The summed E-state index contributed by atoms with van der Waals surface area (Å²) in [7, 11) is 1.52. The van der Waals surface area contributed by atoms with Gasteiger partial charge in [-0.2, -0.15) is 0 Å². The molecule has 0 spiro atoms. The van der Waals surface area contributed by atoms with Crippen molar-refractivity contribution in [1.29, 1.82) is 0 Å². The maximum atomic E-state index is 13.8. The number of nitrogens with one attached hydrogen (secondary N) is 2. The first-order valence-corrected chi connectivity index (χ1v) is 11.1. The number of carbonyl (C=O) groups is 2. The van der Waals surface area contributed by atoms with E-state index in [1.807, 2.05) is 24.3 Å². The van der Waals surface area contributed by atoms with E-state index in [0.717, 1.165) is 16.8 Å². The van der Waals surface area contributed by atoms with Gasteiger partial charge >= 0.3 is 0 Å². The van der Waals surface area contributed by atoms with E-state index in [4.69, 9.17) is 0 Å². The lowest BCUT2D eigenvalue weighted by Crippen LogP contribution is -2.76. The van der Waals surface area contributed by atoms with Crippen LogP contribution in [0.15, 0.2) is 60.5 Å². The average molecular weight is 453 g/mol. The van der Waals surface area contributed by atoms with Crippen LogP contribution in [0, 0.1) is 11.7 Å². The van der Waals surface area contributed by atoms with Crippen molar-refractivity contribution >= 4 is 17.5 Å². The minimum absolute atomic E-state index is 0.171. The van der Waals surface area contributed by atoms with E-state index in [2.05, 4.69) is 29.4 Å². The summed E-state index contributed by atoms with van der Waals surface area (Å²) in [5.41, 5.74) is 1.40. The van der Waals surface area contributed by atoms with Gasteiger partial charge in [0.2, 0.25) is 5.66 Å². The van der Waals surface area contributed by atoms with E-state index >= 15 is 0 Å². The second-order valence-corrected chi connectivity index (χ2v) is 9.01. The predicted molar refractivity (Wildman–Crippen MR) is 124 cm³/mol. The fourth-order valence-electron chi connectivity index (χ4n) is 4.72. The third-order valence-corrected chi connectivity index (χ3v) is 6.33. The van der Waals surface area contributed by atoms with Crippen LogP contribution in [0.1, 0.15) is 25.0 Å². The molecule has 2 aliphatic rings. The van der Waals surface area contributed by atoms with Crippen LogP contribution >= 0.6 is 0 Å². The Hall–Kier alpha value is -3.55. The number of nitrogens with zero attached hydrogens (tertiary/aromatic N) is 2. The van der Waals surface area contributed by atoms with Gasteiger partial charge < -0.3 is 25.5 Å². The molecule has 0 fully saturated rings. The van der Waals surface area contributed by atoms with Crippen LogP contribution in [0.2, 0.25) is 0 Å². The number of aliphatic hydroxyl groups excluding tert-OH is 1. The highest BCUT2D eigenvalue weighted by molar-refractivity contribution is 5.99. The first-order chi connectivity index (χ1) is 15.7. The monoisotopic (exact) mass is 452 g/mol. The summed E-state index contributed by atoms with van der Waals surface area (Å²) < 4.78 is 13.3. The van der Waals surface area contributed by atoms with Crippen LogP contribution < -0.4 is 15.5 Å². The zero-order chi connectivity index (χ0) is 23.8. The zero-order valence-corrected chi connectivity index (χ0v) is 19.0. The topological polar surface area (TPSA) is 84.9 Å². The van der Waals surface area contributed by atoms with Gasteiger partial charge in [0.1, 0.15) is 5.82 Å². The first-order valence-electron chi connectivity index (χ1n) is 11.1. The Labute approximate surface area is 192 Å². The lowest BCUT2D eigenvalue weighted by atomic mass is 9.91. The molecule has 0 aromatic heterocycles. The molecule has 2 aliphatic heterocycles. The third-order valence-electron chi connectivity index (χ3n) is 6.33. The van der Waals surface area contributed by atoms with Gasteiger partial charge in [-0.3, -0.25) is 9.59 Å². The number of hydrogen-bond donors (Lipinski definition) is 3. The molecule has 2 aromatic carbocycles. The van der Waals surface area contributed by atoms with E-state index < -0.39 is 29.3 Å². The maximum absolute atomic E-state index is 13.8. The van der Waals surface area contributed by atoms with Crippen molar-refractivity contribution in [1.82, 2.24) is 15.5 Å². The Bertz CT molecular complexity index is 1090. The van der Waals surface area contributed by atoms with Gasteiger partial charge in [0.05, 0.1) is 6.04 Å². The van der Waals surface area contributed by atoms with E-state index in [9.17, 15) is 19.1 Å². The van der Waals surface area contributed by atoms with E-state index in [-0.39, 0.29) is 12.4 Å². The lowest BCUT2D eigenvalue weighted by molar-refractivity contribution is -0.150. The van der Waals surface area contributed by atoms with Crippen molar-refractivity contribution in [3.8, 4) is 0 Å². The van der Waals surface area contributed by atoms with E-state index in [0.29, 0.717) is 18.9 Å². The maximum Gasteiger partial charge on any atom is 0.292 e. The molecule has 7 nitrogen and oxygen atoms in total.